The van der Waals surface area contributed by atoms with Crippen molar-refractivity contribution in [1.82, 2.24) is 9.97 Å². The maximum atomic E-state index is 5.83. The highest BCUT2D eigenvalue weighted by Crippen LogP contribution is 2.31. The third-order valence-electron chi connectivity index (χ3n) is 1.29. The van der Waals surface area contributed by atoms with Crippen molar-refractivity contribution in [3.63, 3.8) is 0 Å². The lowest BCUT2D eigenvalue weighted by Gasteiger charge is -2.00. The fourth-order valence-corrected chi connectivity index (χ4v) is 1.28. The van der Waals surface area contributed by atoms with Crippen molar-refractivity contribution in [2.45, 2.75) is 13.8 Å². The number of aromatic nitrogens is 2. The van der Waals surface area contributed by atoms with Gasteiger partial charge in [0.05, 0.1) is 0 Å². The Hall–Kier alpha value is -1.00. The van der Waals surface area contributed by atoms with Gasteiger partial charge >= 0.3 is 0 Å². The Bertz CT molecular complexity index is 364. The topological polar surface area (TPSA) is 50.5 Å². The van der Waals surface area contributed by atoms with Crippen molar-refractivity contribution < 1.29 is 0 Å². The van der Waals surface area contributed by atoms with E-state index in [4.69, 9.17) is 23.2 Å². The van der Waals surface area contributed by atoms with Gasteiger partial charge in [-0.05, 0) is 13.8 Å². The zero-order chi connectivity index (χ0) is 10.6. The molecule has 1 aromatic rings. The van der Waals surface area contributed by atoms with E-state index < -0.39 is 0 Å². The minimum Gasteiger partial charge on any atom is -0.255 e. The lowest BCUT2D eigenvalue weighted by Crippen LogP contribution is -1.85. The third kappa shape index (κ3) is 2.49. The summed E-state index contributed by atoms with van der Waals surface area (Å²) in [7, 11) is 0. The molecule has 0 unspecified atom stereocenters. The van der Waals surface area contributed by atoms with Crippen LogP contribution in [0.1, 0.15) is 13.8 Å². The molecule has 0 N–H and O–H groups in total. The maximum Gasteiger partial charge on any atom is 0.251 e. The standard InChI is InChI=1S/C8H8Cl2N4/c1-3-11-5-6(9)13-8(12-4-2)14-7(5)10/h3-4H,1-2H3/b11-3?,12-4+. The van der Waals surface area contributed by atoms with Crippen LogP contribution in [0.2, 0.25) is 10.3 Å². The van der Waals surface area contributed by atoms with E-state index in [1.165, 1.54) is 0 Å². The van der Waals surface area contributed by atoms with Gasteiger partial charge in [-0.3, -0.25) is 4.99 Å². The Kier molecular flexibility index (Phi) is 3.98. The summed E-state index contributed by atoms with van der Waals surface area (Å²) in [6.07, 6.45) is 3.13. The molecule has 0 amide bonds. The van der Waals surface area contributed by atoms with Crippen LogP contribution in [0.25, 0.3) is 0 Å². The number of aliphatic imine (C=N–C) groups is 2. The van der Waals surface area contributed by atoms with E-state index in [1.54, 1.807) is 26.3 Å². The summed E-state index contributed by atoms with van der Waals surface area (Å²) >= 11 is 11.7. The Labute approximate surface area is 91.7 Å². The SMILES string of the molecule is CC=Nc1c(Cl)nc(/N=C/C)nc1Cl. The summed E-state index contributed by atoms with van der Waals surface area (Å²) in [5, 5.41) is 0.396. The average Bonchev–Trinajstić information content (AvgIpc) is 2.12. The van der Waals surface area contributed by atoms with E-state index in [9.17, 15) is 0 Å². The van der Waals surface area contributed by atoms with Gasteiger partial charge in [0, 0.05) is 12.4 Å². The number of rotatable bonds is 2. The maximum absolute atomic E-state index is 5.83. The molecule has 0 aliphatic rings. The fraction of sp³-hybridized carbons (Fsp3) is 0.250. The van der Waals surface area contributed by atoms with E-state index >= 15 is 0 Å². The first-order valence-electron chi connectivity index (χ1n) is 3.89. The van der Waals surface area contributed by atoms with Gasteiger partial charge in [0.15, 0.2) is 10.3 Å². The molecule has 14 heavy (non-hydrogen) atoms. The van der Waals surface area contributed by atoms with Gasteiger partial charge in [0.2, 0.25) is 0 Å². The molecule has 0 aromatic carbocycles. The molecule has 0 saturated carbocycles. The molecule has 1 heterocycles. The largest absolute Gasteiger partial charge is 0.255 e. The van der Waals surface area contributed by atoms with Gasteiger partial charge in [-0.25, -0.2) is 4.99 Å². The van der Waals surface area contributed by atoms with Crippen LogP contribution in [0.15, 0.2) is 9.98 Å². The molecule has 1 rings (SSSR count). The minimum atomic E-state index is 0.198. The van der Waals surface area contributed by atoms with Crippen LogP contribution in [0, 0.1) is 0 Å². The summed E-state index contributed by atoms with van der Waals surface area (Å²) < 4.78 is 0. The molecule has 4 nitrogen and oxygen atoms in total. The van der Waals surface area contributed by atoms with Crippen molar-refractivity contribution in [1.29, 1.82) is 0 Å². The van der Waals surface area contributed by atoms with E-state index in [-0.39, 0.29) is 16.3 Å². The molecule has 6 heteroatoms. The fourth-order valence-electron chi connectivity index (χ4n) is 0.800. The van der Waals surface area contributed by atoms with Crippen LogP contribution in [0.3, 0.4) is 0 Å². The van der Waals surface area contributed by atoms with Gasteiger partial charge in [0.25, 0.3) is 5.95 Å². The second-order valence-electron chi connectivity index (χ2n) is 2.23. The highest BCUT2D eigenvalue weighted by Gasteiger charge is 2.08. The predicted molar refractivity (Wildman–Crippen MR) is 59.7 cm³/mol. The molecular formula is C8H8Cl2N4. The Morgan fingerprint density at radius 3 is 1.93 bits per heavy atom. The van der Waals surface area contributed by atoms with E-state index in [1.807, 2.05) is 0 Å². The minimum absolute atomic E-state index is 0.198. The normalized spacial score (nSPS) is 11.7. The summed E-state index contributed by atoms with van der Waals surface area (Å²) in [4.78, 5) is 15.6. The third-order valence-corrected chi connectivity index (χ3v) is 1.82. The molecule has 0 bridgehead atoms. The molecule has 0 spiro atoms. The van der Waals surface area contributed by atoms with Crippen LogP contribution >= 0.6 is 23.2 Å². The number of nitrogens with zero attached hydrogens (tertiary/aromatic N) is 4. The monoisotopic (exact) mass is 230 g/mol. The zero-order valence-electron chi connectivity index (χ0n) is 7.70. The number of halogens is 2. The van der Waals surface area contributed by atoms with Crippen molar-refractivity contribution in [3.05, 3.63) is 10.3 Å². The zero-order valence-corrected chi connectivity index (χ0v) is 9.21. The Morgan fingerprint density at radius 1 is 1.00 bits per heavy atom. The molecule has 0 fully saturated rings. The van der Waals surface area contributed by atoms with Crippen LogP contribution in [-0.2, 0) is 0 Å². The summed E-state index contributed by atoms with van der Waals surface area (Å²) in [5.74, 6) is 0.234. The van der Waals surface area contributed by atoms with Crippen molar-refractivity contribution >= 4 is 47.3 Å². The van der Waals surface area contributed by atoms with Gasteiger partial charge in [0.1, 0.15) is 5.69 Å². The highest BCUT2D eigenvalue weighted by atomic mass is 35.5. The Balaban J connectivity index is 3.24. The van der Waals surface area contributed by atoms with Gasteiger partial charge in [-0.1, -0.05) is 23.2 Å². The van der Waals surface area contributed by atoms with Gasteiger partial charge in [-0.2, -0.15) is 9.97 Å². The van der Waals surface area contributed by atoms with Gasteiger partial charge < -0.3 is 0 Å². The first-order valence-corrected chi connectivity index (χ1v) is 4.65. The van der Waals surface area contributed by atoms with E-state index in [0.717, 1.165) is 0 Å². The molecule has 0 aliphatic heterocycles. The second kappa shape index (κ2) is 5.02. The predicted octanol–water partition coefficient (Wildman–Crippen LogP) is 3.23. The summed E-state index contributed by atoms with van der Waals surface area (Å²) in [6, 6.07) is 0. The molecule has 0 atom stereocenters. The number of hydrogen-bond acceptors (Lipinski definition) is 4. The summed E-state index contributed by atoms with van der Waals surface area (Å²) in [5.41, 5.74) is 0.367. The first-order chi connectivity index (χ1) is 6.69. The lowest BCUT2D eigenvalue weighted by molar-refractivity contribution is 1.13. The summed E-state index contributed by atoms with van der Waals surface area (Å²) in [6.45, 7) is 3.51. The first kappa shape index (κ1) is 11.1. The smallest absolute Gasteiger partial charge is 0.251 e. The molecule has 0 radical (unpaired) electrons. The average molecular weight is 231 g/mol. The Morgan fingerprint density at radius 2 is 1.50 bits per heavy atom. The molecule has 0 saturated heterocycles. The van der Waals surface area contributed by atoms with Gasteiger partial charge in [-0.15, -0.1) is 0 Å². The quantitative estimate of drug-likeness (QED) is 0.579. The van der Waals surface area contributed by atoms with Crippen LogP contribution in [0.5, 0.6) is 0 Å². The number of hydrogen-bond donors (Lipinski definition) is 0. The van der Waals surface area contributed by atoms with E-state index in [0.29, 0.717) is 5.69 Å². The van der Waals surface area contributed by atoms with Crippen molar-refractivity contribution in [2.24, 2.45) is 9.98 Å². The second-order valence-corrected chi connectivity index (χ2v) is 2.94. The lowest BCUT2D eigenvalue weighted by atomic mass is 10.5. The van der Waals surface area contributed by atoms with Crippen LogP contribution in [0.4, 0.5) is 11.6 Å². The van der Waals surface area contributed by atoms with Crippen molar-refractivity contribution in [3.8, 4) is 0 Å². The van der Waals surface area contributed by atoms with E-state index in [2.05, 4.69) is 20.0 Å². The van der Waals surface area contributed by atoms with Crippen LogP contribution < -0.4 is 0 Å². The molecule has 74 valence electrons. The molecule has 1 aromatic heterocycles. The molecule has 0 aliphatic carbocycles. The molecular weight excluding hydrogens is 223 g/mol. The highest BCUT2D eigenvalue weighted by molar-refractivity contribution is 6.37. The van der Waals surface area contributed by atoms with Crippen LogP contribution in [-0.4, -0.2) is 22.4 Å². The van der Waals surface area contributed by atoms with Crippen molar-refractivity contribution in [2.75, 3.05) is 0 Å².